The lowest BCUT2D eigenvalue weighted by atomic mass is 9.95. The summed E-state index contributed by atoms with van der Waals surface area (Å²) in [6, 6.07) is 9.28. The number of methoxy groups -OCH3 is 1. The van der Waals surface area contributed by atoms with E-state index in [0.29, 0.717) is 25.3 Å². The summed E-state index contributed by atoms with van der Waals surface area (Å²) in [5.41, 5.74) is 0.836. The Bertz CT molecular complexity index is 848. The molecule has 6 heteroatoms. The van der Waals surface area contributed by atoms with E-state index in [2.05, 4.69) is 4.90 Å². The summed E-state index contributed by atoms with van der Waals surface area (Å²) < 4.78 is 9.98. The van der Waals surface area contributed by atoms with Gasteiger partial charge in [0.05, 0.1) is 19.6 Å². The number of ether oxygens (including phenoxy) is 2. The van der Waals surface area contributed by atoms with E-state index in [0.717, 1.165) is 30.2 Å². The maximum Gasteiger partial charge on any atom is 0.341 e. The lowest BCUT2D eigenvalue weighted by Crippen LogP contribution is -2.39. The molecule has 2 aromatic carbocycles. The summed E-state index contributed by atoms with van der Waals surface area (Å²) in [4.78, 5) is 26.3. The number of rotatable bonds is 5. The van der Waals surface area contributed by atoms with Crippen molar-refractivity contribution in [2.24, 2.45) is 5.92 Å². The average molecular weight is 371 g/mol. The maximum absolute atomic E-state index is 12.1. The van der Waals surface area contributed by atoms with Crippen LogP contribution in [0.2, 0.25) is 0 Å². The predicted molar refractivity (Wildman–Crippen MR) is 102 cm³/mol. The number of fused-ring (bicyclic) bond motifs is 1. The monoisotopic (exact) mass is 371 g/mol. The third-order valence-electron chi connectivity index (χ3n) is 5.04. The zero-order valence-electron chi connectivity index (χ0n) is 15.7. The Morgan fingerprint density at radius 1 is 1.30 bits per heavy atom. The molecule has 0 saturated carbocycles. The average Bonchev–Trinajstić information content (AvgIpc) is 2.69. The molecule has 3 rings (SSSR count). The van der Waals surface area contributed by atoms with Crippen molar-refractivity contribution in [3.63, 3.8) is 0 Å². The van der Waals surface area contributed by atoms with E-state index in [9.17, 15) is 14.7 Å². The number of carbonyl (C=O) groups excluding carboxylic acids is 2. The Labute approximate surface area is 158 Å². The fourth-order valence-electron chi connectivity index (χ4n) is 3.71. The molecule has 1 fully saturated rings. The molecule has 1 atom stereocenters. The van der Waals surface area contributed by atoms with Crippen LogP contribution in [0.3, 0.4) is 0 Å². The molecule has 2 aromatic rings. The number of phenols is 1. The normalized spacial score (nSPS) is 17.6. The van der Waals surface area contributed by atoms with Gasteiger partial charge in [0, 0.05) is 18.7 Å². The first-order valence-electron chi connectivity index (χ1n) is 9.26. The van der Waals surface area contributed by atoms with E-state index in [1.54, 1.807) is 13.0 Å². The molecule has 0 bridgehead atoms. The summed E-state index contributed by atoms with van der Waals surface area (Å²) in [7, 11) is 1.30. The van der Waals surface area contributed by atoms with Crippen LogP contribution in [-0.2, 0) is 20.8 Å². The first kappa shape index (κ1) is 19.2. The lowest BCUT2D eigenvalue weighted by molar-refractivity contribution is -0.150. The Morgan fingerprint density at radius 2 is 2.07 bits per heavy atom. The van der Waals surface area contributed by atoms with Gasteiger partial charge in [-0.05, 0) is 43.1 Å². The van der Waals surface area contributed by atoms with Gasteiger partial charge in [-0.1, -0.05) is 24.3 Å². The van der Waals surface area contributed by atoms with Crippen LogP contribution in [0.1, 0.15) is 35.7 Å². The van der Waals surface area contributed by atoms with Crippen LogP contribution in [0.25, 0.3) is 10.8 Å². The second-order valence-electron chi connectivity index (χ2n) is 6.79. The van der Waals surface area contributed by atoms with Gasteiger partial charge in [0.25, 0.3) is 0 Å². The van der Waals surface area contributed by atoms with Gasteiger partial charge in [0.1, 0.15) is 11.3 Å². The van der Waals surface area contributed by atoms with Crippen molar-refractivity contribution >= 4 is 22.7 Å². The van der Waals surface area contributed by atoms with Gasteiger partial charge in [0.2, 0.25) is 0 Å². The van der Waals surface area contributed by atoms with Crippen molar-refractivity contribution in [1.82, 2.24) is 4.90 Å². The van der Waals surface area contributed by atoms with Crippen LogP contribution >= 0.6 is 0 Å². The molecule has 6 nitrogen and oxygen atoms in total. The minimum absolute atomic E-state index is 0.0567. The van der Waals surface area contributed by atoms with E-state index >= 15 is 0 Å². The number of phenolic OH excluding ortho intramolecular Hbond substituents is 1. The molecule has 0 unspecified atom stereocenters. The standard InChI is InChI=1S/C21H25NO5/c1-3-27-20(24)15-8-6-10-22(12-15)13-18-16-9-5-4-7-14(16)11-17(19(18)23)21(25)26-2/h4-5,7,9,11,15,23H,3,6,8,10,12-13H2,1-2H3/t15-/m0/s1. The van der Waals surface area contributed by atoms with Crippen LogP contribution in [0.15, 0.2) is 30.3 Å². The fourth-order valence-corrected chi connectivity index (χ4v) is 3.71. The van der Waals surface area contributed by atoms with Crippen molar-refractivity contribution < 1.29 is 24.2 Å². The molecular formula is C21H25NO5. The molecule has 0 radical (unpaired) electrons. The number of likely N-dealkylation sites (tertiary alicyclic amines) is 1. The van der Waals surface area contributed by atoms with Crippen molar-refractivity contribution in [3.8, 4) is 5.75 Å². The lowest BCUT2D eigenvalue weighted by Gasteiger charge is -2.32. The van der Waals surface area contributed by atoms with Gasteiger partial charge in [-0.3, -0.25) is 9.69 Å². The molecule has 1 aliphatic heterocycles. The summed E-state index contributed by atoms with van der Waals surface area (Å²) in [6.07, 6.45) is 1.70. The molecule has 1 N–H and O–H groups in total. The van der Waals surface area contributed by atoms with Crippen molar-refractivity contribution in [2.45, 2.75) is 26.3 Å². The highest BCUT2D eigenvalue weighted by Gasteiger charge is 2.28. The number of hydrogen-bond acceptors (Lipinski definition) is 6. The van der Waals surface area contributed by atoms with Gasteiger partial charge < -0.3 is 14.6 Å². The van der Waals surface area contributed by atoms with Crippen LogP contribution in [0.4, 0.5) is 0 Å². The molecule has 0 spiro atoms. The third-order valence-corrected chi connectivity index (χ3v) is 5.04. The minimum atomic E-state index is -0.567. The molecule has 0 aromatic heterocycles. The zero-order chi connectivity index (χ0) is 19.4. The number of piperidine rings is 1. The van der Waals surface area contributed by atoms with Crippen molar-refractivity contribution in [2.75, 3.05) is 26.8 Å². The van der Waals surface area contributed by atoms with E-state index in [1.165, 1.54) is 7.11 Å². The van der Waals surface area contributed by atoms with Gasteiger partial charge in [-0.2, -0.15) is 0 Å². The topological polar surface area (TPSA) is 76.1 Å². The van der Waals surface area contributed by atoms with Gasteiger partial charge >= 0.3 is 11.9 Å². The number of benzene rings is 2. The second-order valence-corrected chi connectivity index (χ2v) is 6.79. The smallest absolute Gasteiger partial charge is 0.341 e. The Hall–Kier alpha value is -2.60. The highest BCUT2D eigenvalue weighted by molar-refractivity contribution is 6.00. The fraction of sp³-hybridized carbons (Fsp3) is 0.429. The molecule has 1 heterocycles. The number of hydrogen-bond donors (Lipinski definition) is 1. The van der Waals surface area contributed by atoms with Gasteiger partial charge in [-0.15, -0.1) is 0 Å². The van der Waals surface area contributed by atoms with Gasteiger partial charge in [0.15, 0.2) is 0 Å². The quantitative estimate of drug-likeness (QED) is 0.814. The minimum Gasteiger partial charge on any atom is -0.507 e. The van der Waals surface area contributed by atoms with E-state index in [4.69, 9.17) is 9.47 Å². The highest BCUT2D eigenvalue weighted by atomic mass is 16.5. The Morgan fingerprint density at radius 3 is 2.81 bits per heavy atom. The highest BCUT2D eigenvalue weighted by Crippen LogP contribution is 2.34. The number of nitrogens with zero attached hydrogens (tertiary/aromatic N) is 1. The molecule has 27 heavy (non-hydrogen) atoms. The summed E-state index contributed by atoms with van der Waals surface area (Å²) in [5.74, 6) is -0.947. The molecule has 144 valence electrons. The Balaban J connectivity index is 1.92. The van der Waals surface area contributed by atoms with E-state index in [-0.39, 0.29) is 23.2 Å². The molecule has 0 amide bonds. The number of carbonyl (C=O) groups is 2. The maximum atomic E-state index is 12.1. The van der Waals surface area contributed by atoms with Crippen LogP contribution < -0.4 is 0 Å². The van der Waals surface area contributed by atoms with Crippen LogP contribution in [-0.4, -0.2) is 48.8 Å². The van der Waals surface area contributed by atoms with Crippen LogP contribution in [0, 0.1) is 5.92 Å². The molecular weight excluding hydrogens is 346 g/mol. The first-order valence-corrected chi connectivity index (χ1v) is 9.26. The van der Waals surface area contributed by atoms with Crippen molar-refractivity contribution in [1.29, 1.82) is 0 Å². The zero-order valence-corrected chi connectivity index (χ0v) is 15.7. The SMILES string of the molecule is CCOC(=O)[C@H]1CCCN(Cc2c(O)c(C(=O)OC)cc3ccccc23)C1. The van der Waals surface area contributed by atoms with Crippen molar-refractivity contribution in [3.05, 3.63) is 41.5 Å². The number of esters is 2. The van der Waals surface area contributed by atoms with E-state index in [1.807, 2.05) is 24.3 Å². The largest absolute Gasteiger partial charge is 0.507 e. The number of aromatic hydroxyl groups is 1. The summed E-state index contributed by atoms with van der Waals surface area (Å²) >= 11 is 0. The Kier molecular flexibility index (Phi) is 5.96. The van der Waals surface area contributed by atoms with E-state index < -0.39 is 5.97 Å². The summed E-state index contributed by atoms with van der Waals surface area (Å²) in [5, 5.41) is 12.5. The molecule has 1 saturated heterocycles. The summed E-state index contributed by atoms with van der Waals surface area (Å²) in [6.45, 7) is 4.04. The first-order chi connectivity index (χ1) is 13.0. The third kappa shape index (κ3) is 4.06. The predicted octanol–water partition coefficient (Wildman–Crippen LogP) is 3.11. The van der Waals surface area contributed by atoms with Crippen LogP contribution in [0.5, 0.6) is 5.75 Å². The van der Waals surface area contributed by atoms with Gasteiger partial charge in [-0.25, -0.2) is 4.79 Å². The second kappa shape index (κ2) is 8.39. The molecule has 0 aliphatic carbocycles. The molecule has 1 aliphatic rings.